The third-order valence-corrected chi connectivity index (χ3v) is 3.40. The first-order chi connectivity index (χ1) is 9.36. The van der Waals surface area contributed by atoms with Crippen LogP contribution in [0.2, 0.25) is 0 Å². The van der Waals surface area contributed by atoms with Crippen LogP contribution in [-0.4, -0.2) is 25.3 Å². The molecule has 4 nitrogen and oxygen atoms in total. The lowest BCUT2D eigenvalue weighted by Crippen LogP contribution is -2.01. The van der Waals surface area contributed by atoms with E-state index in [1.54, 1.807) is 0 Å². The molecule has 0 saturated heterocycles. The van der Waals surface area contributed by atoms with E-state index in [0.717, 1.165) is 29.5 Å². The maximum absolute atomic E-state index is 4.37. The van der Waals surface area contributed by atoms with Crippen LogP contribution in [-0.2, 0) is 13.0 Å². The van der Waals surface area contributed by atoms with Crippen molar-refractivity contribution in [1.29, 1.82) is 0 Å². The number of rotatable bonds is 4. The van der Waals surface area contributed by atoms with Crippen LogP contribution in [0.25, 0.3) is 10.9 Å². The molecule has 0 radical (unpaired) electrons. The van der Waals surface area contributed by atoms with Crippen LogP contribution in [0.3, 0.4) is 0 Å². The van der Waals surface area contributed by atoms with Crippen molar-refractivity contribution in [3.05, 3.63) is 54.0 Å². The van der Waals surface area contributed by atoms with E-state index in [-0.39, 0.29) is 0 Å². The smallest absolute Gasteiger partial charge is 0.0835 e. The van der Waals surface area contributed by atoms with E-state index in [2.05, 4.69) is 37.3 Å². The van der Waals surface area contributed by atoms with Gasteiger partial charge in [-0.15, -0.1) is 5.10 Å². The van der Waals surface area contributed by atoms with Gasteiger partial charge in [-0.3, -0.25) is 4.98 Å². The van der Waals surface area contributed by atoms with Gasteiger partial charge in [0.2, 0.25) is 0 Å². The predicted octanol–water partition coefficient (Wildman–Crippen LogP) is 2.81. The third kappa shape index (κ3) is 2.66. The predicted molar refractivity (Wildman–Crippen MR) is 78.4 cm³/mol. The molecule has 0 unspecified atom stereocenters. The topological polar surface area (TPSA) is 43.6 Å². The first kappa shape index (κ1) is 12.3. The highest BCUT2D eigenvalue weighted by atomic mass is 79.9. The minimum atomic E-state index is 0.721. The number of pyridine rings is 1. The quantitative estimate of drug-likeness (QED) is 0.695. The average molecular weight is 317 g/mol. The molecule has 2 aromatic heterocycles. The van der Waals surface area contributed by atoms with Gasteiger partial charge in [-0.25, -0.2) is 4.68 Å². The number of hydrogen-bond donors (Lipinski definition) is 0. The fourth-order valence-electron chi connectivity index (χ4n) is 2.09. The summed E-state index contributed by atoms with van der Waals surface area (Å²) in [6.45, 7) is 0.721. The second-order valence-electron chi connectivity index (χ2n) is 4.33. The fraction of sp³-hybridized carbons (Fsp3) is 0.214. The number of fused-ring (bicyclic) bond motifs is 1. The van der Waals surface area contributed by atoms with Gasteiger partial charge in [0.15, 0.2) is 0 Å². The summed E-state index contributed by atoms with van der Waals surface area (Å²) in [6.07, 6.45) is 4.74. The Morgan fingerprint density at radius 3 is 2.95 bits per heavy atom. The molecule has 1 aromatic carbocycles. The Labute approximate surface area is 119 Å². The Morgan fingerprint density at radius 2 is 2.05 bits per heavy atom. The highest BCUT2D eigenvalue weighted by Crippen LogP contribution is 2.16. The Hall–Kier alpha value is -1.75. The summed E-state index contributed by atoms with van der Waals surface area (Å²) in [5, 5.41) is 10.4. The van der Waals surface area contributed by atoms with Crippen molar-refractivity contribution in [3.8, 4) is 0 Å². The lowest BCUT2D eigenvalue weighted by molar-refractivity contribution is 0.651. The van der Waals surface area contributed by atoms with Crippen molar-refractivity contribution in [2.75, 3.05) is 5.33 Å². The Morgan fingerprint density at radius 1 is 1.16 bits per heavy atom. The summed E-state index contributed by atoms with van der Waals surface area (Å²) in [5.74, 6) is 0. The van der Waals surface area contributed by atoms with Gasteiger partial charge >= 0.3 is 0 Å². The lowest BCUT2D eigenvalue weighted by Gasteiger charge is -2.05. The molecule has 3 aromatic rings. The molecule has 5 heteroatoms. The number of benzene rings is 1. The van der Waals surface area contributed by atoms with E-state index < -0.39 is 0 Å². The van der Waals surface area contributed by atoms with Crippen LogP contribution < -0.4 is 0 Å². The first-order valence-corrected chi connectivity index (χ1v) is 7.26. The third-order valence-electron chi connectivity index (χ3n) is 3.01. The van der Waals surface area contributed by atoms with Crippen molar-refractivity contribution >= 4 is 26.8 Å². The van der Waals surface area contributed by atoms with Gasteiger partial charge in [0.1, 0.15) is 0 Å². The number of hydrogen-bond acceptors (Lipinski definition) is 3. The summed E-state index contributed by atoms with van der Waals surface area (Å²) < 4.78 is 1.87. The Kier molecular flexibility index (Phi) is 3.55. The number of halogens is 1. The zero-order valence-electron chi connectivity index (χ0n) is 10.3. The minimum Gasteiger partial charge on any atom is -0.256 e. The monoisotopic (exact) mass is 316 g/mol. The Balaban J connectivity index is 1.92. The number of alkyl halides is 1. The van der Waals surface area contributed by atoms with Gasteiger partial charge in [0.25, 0.3) is 0 Å². The molecule has 96 valence electrons. The van der Waals surface area contributed by atoms with E-state index in [0.29, 0.717) is 0 Å². The summed E-state index contributed by atoms with van der Waals surface area (Å²) in [6, 6.07) is 10.2. The van der Waals surface area contributed by atoms with Crippen LogP contribution in [0, 0.1) is 0 Å². The number of aromatic nitrogens is 4. The van der Waals surface area contributed by atoms with E-state index in [4.69, 9.17) is 0 Å². The molecular weight excluding hydrogens is 304 g/mol. The normalized spacial score (nSPS) is 11.0. The van der Waals surface area contributed by atoms with Crippen LogP contribution in [0.4, 0.5) is 0 Å². The highest BCUT2D eigenvalue weighted by molar-refractivity contribution is 9.09. The van der Waals surface area contributed by atoms with Gasteiger partial charge in [-0.1, -0.05) is 39.3 Å². The largest absolute Gasteiger partial charge is 0.256 e. The number of para-hydroxylation sites is 1. The van der Waals surface area contributed by atoms with E-state index in [9.17, 15) is 0 Å². The molecule has 0 fully saturated rings. The van der Waals surface area contributed by atoms with E-state index in [1.807, 2.05) is 41.3 Å². The second kappa shape index (κ2) is 5.48. The number of aryl methyl sites for hydroxylation is 1. The van der Waals surface area contributed by atoms with Gasteiger partial charge in [-0.05, 0) is 17.7 Å². The van der Waals surface area contributed by atoms with Gasteiger partial charge in [-0.2, -0.15) is 0 Å². The lowest BCUT2D eigenvalue weighted by atomic mass is 10.1. The van der Waals surface area contributed by atoms with Crippen LogP contribution >= 0.6 is 15.9 Å². The molecule has 3 rings (SSSR count). The molecule has 0 spiro atoms. The van der Waals surface area contributed by atoms with Crippen molar-refractivity contribution in [2.45, 2.75) is 13.0 Å². The fourth-order valence-corrected chi connectivity index (χ4v) is 2.50. The SMILES string of the molecule is BrCCc1cn(Cc2ccnc3ccccc23)nn1. The summed E-state index contributed by atoms with van der Waals surface area (Å²) in [7, 11) is 0. The highest BCUT2D eigenvalue weighted by Gasteiger charge is 2.04. The van der Waals surface area contributed by atoms with Gasteiger partial charge in [0, 0.05) is 29.5 Å². The molecule has 0 aliphatic heterocycles. The van der Waals surface area contributed by atoms with Gasteiger partial charge < -0.3 is 0 Å². The maximum atomic E-state index is 4.37. The van der Waals surface area contributed by atoms with Crippen molar-refractivity contribution < 1.29 is 0 Å². The molecule has 0 amide bonds. The molecule has 0 N–H and O–H groups in total. The van der Waals surface area contributed by atoms with Crippen molar-refractivity contribution in [3.63, 3.8) is 0 Å². The van der Waals surface area contributed by atoms with Crippen LogP contribution in [0.15, 0.2) is 42.7 Å². The zero-order valence-corrected chi connectivity index (χ0v) is 11.9. The second-order valence-corrected chi connectivity index (χ2v) is 5.13. The molecule has 0 bridgehead atoms. The molecule has 0 aliphatic carbocycles. The van der Waals surface area contributed by atoms with Crippen molar-refractivity contribution in [2.24, 2.45) is 0 Å². The molecule has 0 aliphatic rings. The maximum Gasteiger partial charge on any atom is 0.0835 e. The van der Waals surface area contributed by atoms with Gasteiger partial charge in [0.05, 0.1) is 17.8 Å². The average Bonchev–Trinajstić information content (AvgIpc) is 2.87. The molecule has 0 atom stereocenters. The number of nitrogens with zero attached hydrogens (tertiary/aromatic N) is 4. The van der Waals surface area contributed by atoms with E-state index in [1.165, 1.54) is 10.9 Å². The van der Waals surface area contributed by atoms with E-state index >= 15 is 0 Å². The summed E-state index contributed by atoms with van der Waals surface area (Å²) >= 11 is 3.41. The molecular formula is C14H13BrN4. The minimum absolute atomic E-state index is 0.721. The summed E-state index contributed by atoms with van der Waals surface area (Å²) in [4.78, 5) is 4.37. The molecule has 2 heterocycles. The summed E-state index contributed by atoms with van der Waals surface area (Å²) in [5.41, 5.74) is 3.23. The Bertz CT molecular complexity index is 687. The van der Waals surface area contributed by atoms with Crippen molar-refractivity contribution in [1.82, 2.24) is 20.0 Å². The van der Waals surface area contributed by atoms with Crippen LogP contribution in [0.5, 0.6) is 0 Å². The first-order valence-electron chi connectivity index (χ1n) is 6.14. The molecule has 19 heavy (non-hydrogen) atoms. The standard InChI is InChI=1S/C14H13BrN4/c15-7-5-12-10-19(18-17-12)9-11-6-8-16-14-4-2-1-3-13(11)14/h1-4,6,8,10H,5,7,9H2. The molecule has 0 saturated carbocycles. The van der Waals surface area contributed by atoms with Crippen LogP contribution in [0.1, 0.15) is 11.3 Å². The zero-order chi connectivity index (χ0) is 13.1.